The fourth-order valence-electron chi connectivity index (χ4n) is 3.13. The van der Waals surface area contributed by atoms with Crippen LogP contribution >= 0.6 is 0 Å². The SMILES string of the molecule is CCC1c2nncn2-c2cnc(-n3ccnc3)nc2N1C(C)C. The summed E-state index contributed by atoms with van der Waals surface area (Å²) in [6.45, 7) is 6.48. The monoisotopic (exact) mass is 310 g/mol. The predicted octanol–water partition coefficient (Wildman–Crippen LogP) is 1.92. The molecule has 118 valence electrons. The molecule has 0 saturated heterocycles. The highest BCUT2D eigenvalue weighted by Gasteiger charge is 2.35. The van der Waals surface area contributed by atoms with Gasteiger partial charge in [-0.2, -0.15) is 4.98 Å². The summed E-state index contributed by atoms with van der Waals surface area (Å²) in [6, 6.07) is 0.435. The van der Waals surface area contributed by atoms with Crippen molar-refractivity contribution in [3.05, 3.63) is 37.1 Å². The average Bonchev–Trinajstić information content (AvgIpc) is 3.23. The van der Waals surface area contributed by atoms with E-state index in [0.717, 1.165) is 23.8 Å². The second-order valence-electron chi connectivity index (χ2n) is 5.83. The second-order valence-corrected chi connectivity index (χ2v) is 5.83. The summed E-state index contributed by atoms with van der Waals surface area (Å²) in [5.41, 5.74) is 0.910. The van der Waals surface area contributed by atoms with Gasteiger partial charge in [0.1, 0.15) is 18.3 Å². The number of fused-ring (bicyclic) bond motifs is 3. The first-order valence-electron chi connectivity index (χ1n) is 7.74. The molecule has 1 atom stereocenters. The molecule has 4 rings (SSSR count). The molecule has 1 unspecified atom stereocenters. The van der Waals surface area contributed by atoms with Crippen molar-refractivity contribution < 1.29 is 0 Å². The summed E-state index contributed by atoms with van der Waals surface area (Å²) in [7, 11) is 0. The summed E-state index contributed by atoms with van der Waals surface area (Å²) in [4.78, 5) is 15.6. The smallest absolute Gasteiger partial charge is 0.236 e. The molecule has 1 aliphatic heterocycles. The number of hydrogen-bond donors (Lipinski definition) is 0. The van der Waals surface area contributed by atoms with Gasteiger partial charge in [-0.3, -0.25) is 9.13 Å². The van der Waals surface area contributed by atoms with Gasteiger partial charge in [0.25, 0.3) is 0 Å². The topological polar surface area (TPSA) is 77.5 Å². The van der Waals surface area contributed by atoms with Gasteiger partial charge in [0.05, 0.1) is 12.2 Å². The molecule has 0 saturated carbocycles. The van der Waals surface area contributed by atoms with E-state index >= 15 is 0 Å². The van der Waals surface area contributed by atoms with E-state index in [1.807, 2.05) is 17.0 Å². The van der Waals surface area contributed by atoms with E-state index in [0.29, 0.717) is 5.95 Å². The van der Waals surface area contributed by atoms with Crippen LogP contribution in [0.1, 0.15) is 39.1 Å². The Hall–Kier alpha value is -2.77. The van der Waals surface area contributed by atoms with Crippen molar-refractivity contribution in [3.63, 3.8) is 0 Å². The lowest BCUT2D eigenvalue weighted by molar-refractivity contribution is 0.497. The molecule has 0 bridgehead atoms. The van der Waals surface area contributed by atoms with Crippen LogP contribution in [0.2, 0.25) is 0 Å². The molecule has 0 aliphatic carbocycles. The third-order valence-corrected chi connectivity index (χ3v) is 4.13. The minimum atomic E-state index is 0.149. The van der Waals surface area contributed by atoms with Crippen molar-refractivity contribution in [2.75, 3.05) is 4.90 Å². The molecule has 0 radical (unpaired) electrons. The Morgan fingerprint density at radius 3 is 2.83 bits per heavy atom. The molecule has 23 heavy (non-hydrogen) atoms. The Labute approximate surface area is 133 Å². The summed E-state index contributed by atoms with van der Waals surface area (Å²) in [5.74, 6) is 2.45. The average molecular weight is 310 g/mol. The van der Waals surface area contributed by atoms with Crippen molar-refractivity contribution in [2.45, 2.75) is 39.3 Å². The number of hydrogen-bond acceptors (Lipinski definition) is 6. The Morgan fingerprint density at radius 1 is 1.26 bits per heavy atom. The molecule has 0 spiro atoms. The molecule has 0 fully saturated rings. The lowest BCUT2D eigenvalue weighted by Crippen LogP contribution is -2.40. The van der Waals surface area contributed by atoms with Gasteiger partial charge in [-0.05, 0) is 20.3 Å². The number of imidazole rings is 1. The van der Waals surface area contributed by atoms with Crippen molar-refractivity contribution >= 4 is 5.82 Å². The van der Waals surface area contributed by atoms with Crippen LogP contribution in [-0.2, 0) is 0 Å². The van der Waals surface area contributed by atoms with Gasteiger partial charge in [-0.1, -0.05) is 6.92 Å². The van der Waals surface area contributed by atoms with E-state index in [-0.39, 0.29) is 12.1 Å². The first-order valence-corrected chi connectivity index (χ1v) is 7.74. The molecule has 8 heteroatoms. The quantitative estimate of drug-likeness (QED) is 0.735. The molecule has 3 aromatic heterocycles. The zero-order valence-electron chi connectivity index (χ0n) is 13.3. The van der Waals surface area contributed by atoms with E-state index in [1.54, 1.807) is 23.4 Å². The number of anilines is 1. The van der Waals surface area contributed by atoms with Gasteiger partial charge >= 0.3 is 0 Å². The highest BCUT2D eigenvalue weighted by Crippen LogP contribution is 2.38. The van der Waals surface area contributed by atoms with Crippen LogP contribution in [0.15, 0.2) is 31.2 Å². The highest BCUT2D eigenvalue weighted by molar-refractivity contribution is 5.62. The van der Waals surface area contributed by atoms with Crippen LogP contribution < -0.4 is 4.90 Å². The zero-order chi connectivity index (χ0) is 16.0. The van der Waals surface area contributed by atoms with E-state index in [9.17, 15) is 0 Å². The maximum absolute atomic E-state index is 4.80. The molecular formula is C15H18N8. The summed E-state index contributed by atoms with van der Waals surface area (Å²) >= 11 is 0. The highest BCUT2D eigenvalue weighted by atomic mass is 15.4. The fraction of sp³-hybridized carbons (Fsp3) is 0.400. The van der Waals surface area contributed by atoms with Crippen molar-refractivity contribution in [2.24, 2.45) is 0 Å². The van der Waals surface area contributed by atoms with Crippen LogP contribution in [0.5, 0.6) is 0 Å². The molecule has 1 aliphatic rings. The number of aromatic nitrogens is 7. The largest absolute Gasteiger partial charge is 0.342 e. The van der Waals surface area contributed by atoms with Crippen LogP contribution in [0.25, 0.3) is 11.6 Å². The molecule has 3 aromatic rings. The number of nitrogens with zero attached hydrogens (tertiary/aromatic N) is 8. The van der Waals surface area contributed by atoms with Crippen LogP contribution in [0.3, 0.4) is 0 Å². The number of rotatable bonds is 3. The van der Waals surface area contributed by atoms with Crippen molar-refractivity contribution in [3.8, 4) is 11.6 Å². The van der Waals surface area contributed by atoms with E-state index < -0.39 is 0 Å². The van der Waals surface area contributed by atoms with Crippen molar-refractivity contribution in [1.29, 1.82) is 0 Å². The Bertz CT molecular complexity index is 820. The van der Waals surface area contributed by atoms with Crippen LogP contribution in [0, 0.1) is 0 Å². The van der Waals surface area contributed by atoms with E-state index in [2.05, 4.69) is 45.8 Å². The third-order valence-electron chi connectivity index (χ3n) is 4.13. The molecule has 0 aromatic carbocycles. The lowest BCUT2D eigenvalue weighted by atomic mass is 10.1. The summed E-state index contributed by atoms with van der Waals surface area (Å²) in [6.07, 6.45) is 9.74. The van der Waals surface area contributed by atoms with E-state index in [4.69, 9.17) is 4.98 Å². The summed E-state index contributed by atoms with van der Waals surface area (Å²) < 4.78 is 3.79. The Kier molecular flexibility index (Phi) is 3.10. The predicted molar refractivity (Wildman–Crippen MR) is 84.7 cm³/mol. The van der Waals surface area contributed by atoms with Gasteiger partial charge < -0.3 is 4.90 Å². The molecule has 4 heterocycles. The first-order chi connectivity index (χ1) is 11.2. The van der Waals surface area contributed by atoms with Gasteiger partial charge in [0.15, 0.2) is 11.6 Å². The standard InChI is InChI=1S/C15H18N8/c1-4-11-14-20-18-9-22(14)12-7-17-15(21-6-5-16-8-21)19-13(12)23(11)10(2)3/h5-11H,4H2,1-3H3. The minimum Gasteiger partial charge on any atom is -0.342 e. The maximum Gasteiger partial charge on any atom is 0.236 e. The van der Waals surface area contributed by atoms with Gasteiger partial charge in [0.2, 0.25) is 5.95 Å². The third kappa shape index (κ3) is 2.01. The first kappa shape index (κ1) is 13.9. The van der Waals surface area contributed by atoms with Crippen molar-refractivity contribution in [1.82, 2.24) is 34.3 Å². The summed E-state index contributed by atoms with van der Waals surface area (Å²) in [5, 5.41) is 8.40. The van der Waals surface area contributed by atoms with Gasteiger partial charge in [0, 0.05) is 18.4 Å². The van der Waals surface area contributed by atoms with Gasteiger partial charge in [-0.25, -0.2) is 9.97 Å². The normalized spacial score (nSPS) is 16.5. The molecule has 0 N–H and O–H groups in total. The molecule has 8 nitrogen and oxygen atoms in total. The fourth-order valence-corrected chi connectivity index (χ4v) is 3.13. The second kappa shape index (κ2) is 5.15. The van der Waals surface area contributed by atoms with Gasteiger partial charge in [-0.15, -0.1) is 10.2 Å². The molecular weight excluding hydrogens is 292 g/mol. The van der Waals surface area contributed by atoms with Crippen LogP contribution in [0.4, 0.5) is 5.82 Å². The Balaban J connectivity index is 1.94. The minimum absolute atomic E-state index is 0.149. The van der Waals surface area contributed by atoms with E-state index in [1.165, 1.54) is 0 Å². The maximum atomic E-state index is 4.80. The molecule has 0 amide bonds. The Morgan fingerprint density at radius 2 is 2.13 bits per heavy atom. The zero-order valence-corrected chi connectivity index (χ0v) is 13.3. The lowest BCUT2D eigenvalue weighted by Gasteiger charge is -2.39. The van der Waals surface area contributed by atoms with Crippen LogP contribution in [-0.4, -0.2) is 40.3 Å².